The maximum atomic E-state index is 13.1. The maximum absolute atomic E-state index is 13.1. The van der Waals surface area contributed by atoms with Crippen molar-refractivity contribution in [2.45, 2.75) is 30.4 Å². The zero-order valence-electron chi connectivity index (χ0n) is 16.8. The van der Waals surface area contributed by atoms with E-state index in [4.69, 9.17) is 4.52 Å². The van der Waals surface area contributed by atoms with Crippen LogP contribution in [0.4, 0.5) is 5.69 Å². The minimum Gasteiger partial charge on any atom is -0.337 e. The van der Waals surface area contributed by atoms with Crippen molar-refractivity contribution in [3.8, 4) is 11.4 Å². The number of fused-ring (bicyclic) bond motifs is 1. The Labute approximate surface area is 182 Å². The van der Waals surface area contributed by atoms with Gasteiger partial charge in [0, 0.05) is 10.5 Å². The van der Waals surface area contributed by atoms with Gasteiger partial charge in [-0.05, 0) is 37.4 Å². The van der Waals surface area contributed by atoms with E-state index in [1.54, 1.807) is 6.07 Å². The topological polar surface area (TPSA) is 104 Å². The van der Waals surface area contributed by atoms with E-state index in [0.717, 1.165) is 16.0 Å². The van der Waals surface area contributed by atoms with E-state index in [0.29, 0.717) is 17.4 Å². The monoisotopic (exact) mass is 434 g/mol. The van der Waals surface area contributed by atoms with E-state index in [-0.39, 0.29) is 18.4 Å². The molecule has 2 aliphatic rings. The Morgan fingerprint density at radius 2 is 1.94 bits per heavy atom. The summed E-state index contributed by atoms with van der Waals surface area (Å²) in [6.07, 6.45) is 1.94. The average Bonchev–Trinajstić information content (AvgIpc) is 3.47. The molecule has 0 aliphatic carbocycles. The first-order valence-electron chi connectivity index (χ1n) is 9.64. The molecule has 1 aromatic heterocycles. The van der Waals surface area contributed by atoms with Crippen molar-refractivity contribution in [3.05, 3.63) is 60.0 Å². The molecule has 2 aliphatic heterocycles. The highest BCUT2D eigenvalue weighted by atomic mass is 32.2. The molecule has 5 rings (SSSR count). The van der Waals surface area contributed by atoms with Gasteiger partial charge in [-0.1, -0.05) is 40.2 Å². The number of aryl methyl sites for hydroxylation is 1. The Hall–Kier alpha value is -3.53. The Bertz CT molecular complexity index is 1210. The summed E-state index contributed by atoms with van der Waals surface area (Å²) in [6, 6.07) is 13.4. The number of hydrogen-bond acceptors (Lipinski definition) is 9. The minimum atomic E-state index is -0.871. The highest BCUT2D eigenvalue weighted by Crippen LogP contribution is 2.34. The van der Waals surface area contributed by atoms with Gasteiger partial charge in [0.15, 0.2) is 12.1 Å². The van der Waals surface area contributed by atoms with Crippen molar-refractivity contribution in [2.75, 3.05) is 11.2 Å². The molecule has 0 radical (unpaired) electrons. The lowest BCUT2D eigenvalue weighted by atomic mass is 10.1. The number of thioether (sulfide) groups is 1. The molecule has 0 saturated carbocycles. The van der Waals surface area contributed by atoms with Gasteiger partial charge >= 0.3 is 0 Å². The predicted octanol–water partition coefficient (Wildman–Crippen LogP) is 3.26. The van der Waals surface area contributed by atoms with Crippen molar-refractivity contribution >= 4 is 29.3 Å². The smallest absolute Gasteiger partial charge is 0.263 e. The fraction of sp³-hybridized carbons (Fsp3) is 0.238. The van der Waals surface area contributed by atoms with Gasteiger partial charge in [0.25, 0.3) is 11.8 Å². The number of anilines is 1. The molecule has 9 nitrogen and oxygen atoms in total. The van der Waals surface area contributed by atoms with E-state index >= 15 is 0 Å². The maximum Gasteiger partial charge on any atom is 0.263 e. The molecular formula is C21H18N6O3S. The summed E-state index contributed by atoms with van der Waals surface area (Å²) in [5.41, 5.74) is 2.45. The van der Waals surface area contributed by atoms with Gasteiger partial charge in [0.2, 0.25) is 11.7 Å². The molecule has 2 aromatic carbocycles. The van der Waals surface area contributed by atoms with Crippen molar-refractivity contribution < 1.29 is 14.1 Å². The molecule has 0 N–H and O–H groups in total. The average molecular weight is 434 g/mol. The second kappa shape index (κ2) is 7.62. The third-order valence-electron chi connectivity index (χ3n) is 5.21. The number of aromatic nitrogens is 2. The van der Waals surface area contributed by atoms with Crippen LogP contribution in [0.1, 0.15) is 11.5 Å². The van der Waals surface area contributed by atoms with E-state index in [1.807, 2.05) is 55.6 Å². The fourth-order valence-corrected chi connectivity index (χ4v) is 4.17. The Balaban J connectivity index is 1.37. The summed E-state index contributed by atoms with van der Waals surface area (Å²) < 4.78 is 5.36. The van der Waals surface area contributed by atoms with Crippen molar-refractivity contribution in [1.82, 2.24) is 15.1 Å². The number of imide groups is 1. The summed E-state index contributed by atoms with van der Waals surface area (Å²) in [5.74, 6) is -0.00272. The van der Waals surface area contributed by atoms with Gasteiger partial charge in [0.05, 0.1) is 5.69 Å². The first kappa shape index (κ1) is 19.4. The summed E-state index contributed by atoms with van der Waals surface area (Å²) in [6.45, 7) is 2.07. The first-order chi connectivity index (χ1) is 15.0. The first-order valence-corrected chi connectivity index (χ1v) is 10.9. The quantitative estimate of drug-likeness (QED) is 0.448. The van der Waals surface area contributed by atoms with E-state index in [2.05, 4.69) is 20.5 Å². The number of benzene rings is 2. The van der Waals surface area contributed by atoms with Crippen LogP contribution < -0.4 is 4.90 Å². The Kier molecular flexibility index (Phi) is 4.78. The van der Waals surface area contributed by atoms with Crippen LogP contribution in [0, 0.1) is 6.92 Å². The van der Waals surface area contributed by atoms with Crippen LogP contribution in [0.3, 0.4) is 0 Å². The van der Waals surface area contributed by atoms with Crippen LogP contribution in [-0.4, -0.2) is 45.3 Å². The number of nitrogens with zero attached hydrogens (tertiary/aromatic N) is 6. The lowest BCUT2D eigenvalue weighted by Gasteiger charge is -2.19. The molecule has 1 saturated heterocycles. The van der Waals surface area contributed by atoms with Crippen LogP contribution in [0.15, 0.2) is 68.3 Å². The molecule has 3 aromatic rings. The van der Waals surface area contributed by atoms with Crippen molar-refractivity contribution in [1.29, 1.82) is 0 Å². The van der Waals surface area contributed by atoms with E-state index < -0.39 is 12.1 Å². The van der Waals surface area contributed by atoms with Gasteiger partial charge in [-0.15, -0.1) is 11.8 Å². The normalized spacial score (nSPS) is 20.1. The van der Waals surface area contributed by atoms with E-state index in [9.17, 15) is 9.59 Å². The molecule has 2 amide bonds. The van der Waals surface area contributed by atoms with Crippen LogP contribution in [-0.2, 0) is 16.1 Å². The summed E-state index contributed by atoms with van der Waals surface area (Å²) in [4.78, 5) is 32.6. The lowest BCUT2D eigenvalue weighted by molar-refractivity contribution is -0.123. The molecular weight excluding hydrogens is 416 g/mol. The van der Waals surface area contributed by atoms with Crippen molar-refractivity contribution in [2.24, 2.45) is 10.3 Å². The highest BCUT2D eigenvalue weighted by molar-refractivity contribution is 7.98. The zero-order chi connectivity index (χ0) is 21.5. The van der Waals surface area contributed by atoms with Gasteiger partial charge in [-0.25, -0.2) is 4.90 Å². The van der Waals surface area contributed by atoms with Gasteiger partial charge in [0.1, 0.15) is 6.54 Å². The number of amides is 2. The molecule has 0 bridgehead atoms. The van der Waals surface area contributed by atoms with Gasteiger partial charge in [-0.2, -0.15) is 10.1 Å². The standard InChI is InChI=1S/C21H18N6O3S/c1-12-5-3-6-13(9-12)19-22-16(30-24-19)11-26-18-17(23-25-26)20(28)27(21(18)29)14-7-4-8-15(10-14)31-2/h3-10,17-18H,11H2,1-2H3/t17-,18-/m1/s1. The second-order valence-electron chi connectivity index (χ2n) is 7.29. The van der Waals surface area contributed by atoms with Crippen LogP contribution in [0.5, 0.6) is 0 Å². The molecule has 156 valence electrons. The predicted molar refractivity (Wildman–Crippen MR) is 113 cm³/mol. The third kappa shape index (κ3) is 3.38. The largest absolute Gasteiger partial charge is 0.337 e. The van der Waals surface area contributed by atoms with Crippen LogP contribution in [0.25, 0.3) is 11.4 Å². The lowest BCUT2D eigenvalue weighted by Crippen LogP contribution is -2.39. The van der Waals surface area contributed by atoms with Crippen LogP contribution >= 0.6 is 11.8 Å². The fourth-order valence-electron chi connectivity index (χ4n) is 3.72. The number of carbonyl (C=O) groups is 2. The van der Waals surface area contributed by atoms with Gasteiger partial charge in [-0.3, -0.25) is 14.6 Å². The number of carbonyl (C=O) groups excluding carboxylic acids is 2. The number of hydrogen-bond donors (Lipinski definition) is 0. The summed E-state index contributed by atoms with van der Waals surface area (Å²) in [7, 11) is 0. The molecule has 31 heavy (non-hydrogen) atoms. The molecule has 10 heteroatoms. The SMILES string of the molecule is CSc1cccc(N2C(=O)[C@@H]3N=NN(Cc4nc(-c5cccc(C)c5)no4)[C@H]3C2=O)c1. The number of rotatable bonds is 5. The second-order valence-corrected chi connectivity index (χ2v) is 8.17. The zero-order valence-corrected chi connectivity index (χ0v) is 17.6. The van der Waals surface area contributed by atoms with Crippen LogP contribution in [0.2, 0.25) is 0 Å². The summed E-state index contributed by atoms with van der Waals surface area (Å²) in [5, 5.41) is 13.5. The molecule has 0 spiro atoms. The molecule has 2 atom stereocenters. The molecule has 1 fully saturated rings. The highest BCUT2D eigenvalue weighted by Gasteiger charge is 2.55. The van der Waals surface area contributed by atoms with Crippen molar-refractivity contribution in [3.63, 3.8) is 0 Å². The van der Waals surface area contributed by atoms with E-state index in [1.165, 1.54) is 21.7 Å². The Morgan fingerprint density at radius 3 is 2.74 bits per heavy atom. The Morgan fingerprint density at radius 1 is 1.10 bits per heavy atom. The minimum absolute atomic E-state index is 0.0845. The third-order valence-corrected chi connectivity index (χ3v) is 5.94. The summed E-state index contributed by atoms with van der Waals surface area (Å²) >= 11 is 1.54. The molecule has 3 heterocycles. The molecule has 0 unspecified atom stereocenters. The van der Waals surface area contributed by atoms with Gasteiger partial charge < -0.3 is 4.52 Å².